The number of benzene rings is 1. The number of rotatable bonds is 5. The molecule has 0 radical (unpaired) electrons. The fraction of sp³-hybridized carbons (Fsp3) is 0.375. The molecule has 32 heavy (non-hydrogen) atoms. The van der Waals surface area contributed by atoms with E-state index in [2.05, 4.69) is 15.6 Å². The number of urea groups is 1. The van der Waals surface area contributed by atoms with Gasteiger partial charge in [0, 0.05) is 43.9 Å². The zero-order chi connectivity index (χ0) is 22.7. The monoisotopic (exact) mass is 435 g/mol. The van der Waals surface area contributed by atoms with Gasteiger partial charge in [0.2, 0.25) is 0 Å². The number of hydrogen-bond donors (Lipinski definition) is 3. The summed E-state index contributed by atoms with van der Waals surface area (Å²) in [6, 6.07) is 11.5. The summed E-state index contributed by atoms with van der Waals surface area (Å²) < 4.78 is 1.92. The number of fused-ring (bicyclic) bond motifs is 1. The number of carbonyl (C=O) groups is 2. The van der Waals surface area contributed by atoms with Gasteiger partial charge in [-0.15, -0.1) is 0 Å². The lowest BCUT2D eigenvalue weighted by molar-refractivity contribution is -0.148. The molecule has 0 bridgehead atoms. The predicted octanol–water partition coefficient (Wildman–Crippen LogP) is 3.13. The van der Waals surface area contributed by atoms with Gasteiger partial charge in [0.15, 0.2) is 0 Å². The number of hydrogen-bond acceptors (Lipinski definition) is 4. The highest BCUT2D eigenvalue weighted by Gasteiger charge is 2.32. The first-order valence-corrected chi connectivity index (χ1v) is 10.9. The Hall–Kier alpha value is -3.39. The van der Waals surface area contributed by atoms with Gasteiger partial charge >= 0.3 is 6.03 Å². The van der Waals surface area contributed by atoms with Gasteiger partial charge in [-0.05, 0) is 68.0 Å². The van der Waals surface area contributed by atoms with Crippen LogP contribution in [0.25, 0.3) is 5.65 Å². The number of likely N-dealkylation sites (tertiary alicyclic amines) is 1. The summed E-state index contributed by atoms with van der Waals surface area (Å²) >= 11 is 0. The number of amides is 3. The second kappa shape index (κ2) is 9.00. The Morgan fingerprint density at radius 2 is 1.84 bits per heavy atom. The van der Waals surface area contributed by atoms with Crippen molar-refractivity contribution >= 4 is 23.3 Å². The van der Waals surface area contributed by atoms with Gasteiger partial charge in [0.1, 0.15) is 11.2 Å². The van der Waals surface area contributed by atoms with Crippen LogP contribution in [-0.4, -0.2) is 50.0 Å². The predicted molar refractivity (Wildman–Crippen MR) is 122 cm³/mol. The van der Waals surface area contributed by atoms with E-state index in [1.165, 1.54) is 19.4 Å². The number of carbonyl (C=O) groups excluding carboxylic acids is 2. The van der Waals surface area contributed by atoms with E-state index >= 15 is 0 Å². The van der Waals surface area contributed by atoms with E-state index < -0.39 is 5.60 Å². The molecular formula is C24H29N5O3. The fourth-order valence-corrected chi connectivity index (χ4v) is 4.06. The Balaban J connectivity index is 1.26. The Bertz CT molecular complexity index is 1090. The Morgan fingerprint density at radius 1 is 1.12 bits per heavy atom. The molecule has 0 atom stereocenters. The molecular weight excluding hydrogens is 406 g/mol. The molecule has 3 aromatic rings. The number of aliphatic hydroxyl groups is 1. The average Bonchev–Trinajstić information content (AvgIpc) is 3.25. The summed E-state index contributed by atoms with van der Waals surface area (Å²) in [5, 5.41) is 15.7. The van der Waals surface area contributed by atoms with Gasteiger partial charge in [-0.3, -0.25) is 4.79 Å². The summed E-state index contributed by atoms with van der Waals surface area (Å²) in [6.45, 7) is 4.75. The number of pyridine rings is 1. The highest BCUT2D eigenvalue weighted by molar-refractivity contribution is 5.89. The van der Waals surface area contributed by atoms with E-state index in [1.54, 1.807) is 11.1 Å². The quantitative estimate of drug-likeness (QED) is 0.573. The van der Waals surface area contributed by atoms with Crippen LogP contribution in [0.2, 0.25) is 0 Å². The summed E-state index contributed by atoms with van der Waals surface area (Å²) in [5.74, 6) is 0.146. The number of piperidine rings is 1. The summed E-state index contributed by atoms with van der Waals surface area (Å²) in [5.41, 5.74) is 2.41. The first-order valence-electron chi connectivity index (χ1n) is 10.9. The van der Waals surface area contributed by atoms with Gasteiger partial charge in [-0.1, -0.05) is 12.1 Å². The van der Waals surface area contributed by atoms with Gasteiger partial charge in [-0.2, -0.15) is 0 Å². The average molecular weight is 436 g/mol. The third-order valence-electron chi connectivity index (χ3n) is 5.86. The molecule has 0 saturated carbocycles. The van der Waals surface area contributed by atoms with Crippen molar-refractivity contribution in [2.24, 2.45) is 0 Å². The SMILES string of the molecule is CC(C)(O)C(=O)N1CCC(c2ccc(NC(=O)NCc3ccn4ccnc4c3)cc2)CC1. The molecule has 3 amide bonds. The minimum absolute atomic E-state index is 0.216. The maximum absolute atomic E-state index is 12.3. The number of nitrogens with zero attached hydrogens (tertiary/aromatic N) is 3. The van der Waals surface area contributed by atoms with Crippen LogP contribution >= 0.6 is 0 Å². The molecule has 8 heteroatoms. The molecule has 8 nitrogen and oxygen atoms in total. The Kier molecular flexibility index (Phi) is 6.14. The van der Waals surface area contributed by atoms with E-state index in [0.717, 1.165) is 29.7 Å². The lowest BCUT2D eigenvalue weighted by atomic mass is 9.89. The number of nitrogens with one attached hydrogen (secondary N) is 2. The summed E-state index contributed by atoms with van der Waals surface area (Å²) in [4.78, 5) is 30.5. The fourth-order valence-electron chi connectivity index (χ4n) is 4.06. The standard InChI is InChI=1S/C24H29N5O3/c1-24(2,32)22(30)29-12-8-19(9-13-29)18-3-5-20(6-4-18)27-23(31)26-16-17-7-11-28-14-10-25-21(28)15-17/h3-7,10-11,14-15,19,32H,8-9,12-13,16H2,1-2H3,(H2,26,27,31). The van der Waals surface area contributed by atoms with Crippen molar-refractivity contribution in [3.63, 3.8) is 0 Å². The van der Waals surface area contributed by atoms with Crippen LogP contribution < -0.4 is 10.6 Å². The minimum Gasteiger partial charge on any atom is -0.381 e. The molecule has 1 aliphatic rings. The molecule has 4 rings (SSSR count). The van der Waals surface area contributed by atoms with Gasteiger partial charge in [0.05, 0.1) is 0 Å². The molecule has 1 aliphatic heterocycles. The normalized spacial score (nSPS) is 15.0. The summed E-state index contributed by atoms with van der Waals surface area (Å²) in [6.07, 6.45) is 7.25. The van der Waals surface area contributed by atoms with E-state index in [1.807, 2.05) is 53.2 Å². The van der Waals surface area contributed by atoms with Crippen molar-refractivity contribution in [3.8, 4) is 0 Å². The lowest BCUT2D eigenvalue weighted by Crippen LogP contribution is -2.48. The first-order chi connectivity index (χ1) is 15.3. The molecule has 1 aromatic carbocycles. The summed E-state index contributed by atoms with van der Waals surface area (Å²) in [7, 11) is 0. The van der Waals surface area contributed by atoms with Crippen LogP contribution in [0.15, 0.2) is 55.0 Å². The van der Waals surface area contributed by atoms with Crippen molar-refractivity contribution in [3.05, 3.63) is 66.1 Å². The first kappa shape index (κ1) is 21.8. The van der Waals surface area contributed by atoms with Crippen LogP contribution in [0.4, 0.5) is 10.5 Å². The van der Waals surface area contributed by atoms with Crippen LogP contribution in [0.1, 0.15) is 43.7 Å². The van der Waals surface area contributed by atoms with Crippen LogP contribution in [0.5, 0.6) is 0 Å². The molecule has 2 aromatic heterocycles. The number of imidazole rings is 1. The molecule has 3 heterocycles. The van der Waals surface area contributed by atoms with Crippen LogP contribution in [0, 0.1) is 0 Å². The largest absolute Gasteiger partial charge is 0.381 e. The molecule has 0 spiro atoms. The van der Waals surface area contributed by atoms with E-state index in [0.29, 0.717) is 25.6 Å². The van der Waals surface area contributed by atoms with Crippen LogP contribution in [-0.2, 0) is 11.3 Å². The van der Waals surface area contributed by atoms with Gasteiger partial charge < -0.3 is 25.0 Å². The highest BCUT2D eigenvalue weighted by atomic mass is 16.3. The van der Waals surface area contributed by atoms with Crippen molar-refractivity contribution in [2.75, 3.05) is 18.4 Å². The van der Waals surface area contributed by atoms with E-state index in [9.17, 15) is 14.7 Å². The smallest absolute Gasteiger partial charge is 0.319 e. The third kappa shape index (κ3) is 5.08. The molecule has 0 aliphatic carbocycles. The van der Waals surface area contributed by atoms with Gasteiger partial charge in [-0.25, -0.2) is 9.78 Å². The minimum atomic E-state index is -1.33. The Labute approximate surface area is 187 Å². The molecule has 1 fully saturated rings. The second-order valence-electron chi connectivity index (χ2n) is 8.78. The Morgan fingerprint density at radius 3 is 2.53 bits per heavy atom. The van der Waals surface area contributed by atoms with Crippen LogP contribution in [0.3, 0.4) is 0 Å². The topological polar surface area (TPSA) is 99.0 Å². The van der Waals surface area contributed by atoms with Crippen molar-refractivity contribution in [2.45, 2.75) is 44.8 Å². The lowest BCUT2D eigenvalue weighted by Gasteiger charge is -2.35. The van der Waals surface area contributed by atoms with Crippen molar-refractivity contribution in [1.82, 2.24) is 19.6 Å². The zero-order valence-electron chi connectivity index (χ0n) is 18.4. The van der Waals surface area contributed by atoms with E-state index in [4.69, 9.17) is 0 Å². The molecule has 168 valence electrons. The van der Waals surface area contributed by atoms with Crippen molar-refractivity contribution < 1.29 is 14.7 Å². The zero-order valence-corrected chi connectivity index (χ0v) is 18.4. The molecule has 3 N–H and O–H groups in total. The number of aromatic nitrogens is 2. The molecule has 1 saturated heterocycles. The maximum atomic E-state index is 12.3. The van der Waals surface area contributed by atoms with Gasteiger partial charge in [0.25, 0.3) is 5.91 Å². The van der Waals surface area contributed by atoms with Crippen molar-refractivity contribution in [1.29, 1.82) is 0 Å². The second-order valence-corrected chi connectivity index (χ2v) is 8.78. The maximum Gasteiger partial charge on any atom is 0.319 e. The number of anilines is 1. The third-order valence-corrected chi connectivity index (χ3v) is 5.86. The molecule has 0 unspecified atom stereocenters. The highest BCUT2D eigenvalue weighted by Crippen LogP contribution is 2.29. The van der Waals surface area contributed by atoms with E-state index in [-0.39, 0.29) is 11.9 Å².